The summed E-state index contributed by atoms with van der Waals surface area (Å²) in [5, 5.41) is 2.99. The molecule has 0 bridgehead atoms. The van der Waals surface area contributed by atoms with Crippen LogP contribution in [0.1, 0.15) is 0 Å². The molecule has 0 aliphatic rings. The van der Waals surface area contributed by atoms with Crippen LogP contribution >= 0.6 is 0 Å². The van der Waals surface area contributed by atoms with Crippen molar-refractivity contribution in [2.24, 2.45) is 0 Å². The summed E-state index contributed by atoms with van der Waals surface area (Å²) in [6.07, 6.45) is -10.2. The molecular formula is C10H6F6N2O2. The molecule has 110 valence electrons. The van der Waals surface area contributed by atoms with Gasteiger partial charge in [-0.15, -0.1) is 0 Å². The Kier molecular flexibility index (Phi) is 4.26. The van der Waals surface area contributed by atoms with Gasteiger partial charge in [0.1, 0.15) is 0 Å². The van der Waals surface area contributed by atoms with E-state index in [0.29, 0.717) is 0 Å². The van der Waals surface area contributed by atoms with Crippen molar-refractivity contribution >= 4 is 23.2 Å². The highest BCUT2D eigenvalue weighted by Gasteiger charge is 2.39. The van der Waals surface area contributed by atoms with E-state index >= 15 is 0 Å². The maximum Gasteiger partial charge on any atom is 0.471 e. The normalized spacial score (nSPS) is 11.9. The molecule has 0 fully saturated rings. The smallest absolute Gasteiger partial charge is 0.318 e. The quantitative estimate of drug-likeness (QED) is 0.825. The number of hydrogen-bond donors (Lipinski definition) is 2. The van der Waals surface area contributed by atoms with Gasteiger partial charge in [0.2, 0.25) is 0 Å². The zero-order valence-corrected chi connectivity index (χ0v) is 9.39. The molecule has 0 saturated heterocycles. The van der Waals surface area contributed by atoms with Gasteiger partial charge in [0, 0.05) is 11.4 Å². The minimum absolute atomic E-state index is 0.280. The van der Waals surface area contributed by atoms with E-state index in [1.807, 2.05) is 0 Å². The predicted molar refractivity (Wildman–Crippen MR) is 55.8 cm³/mol. The summed E-state index contributed by atoms with van der Waals surface area (Å²) >= 11 is 0. The van der Waals surface area contributed by atoms with Crippen LogP contribution in [0.3, 0.4) is 0 Å². The Hall–Kier alpha value is -2.26. The van der Waals surface area contributed by atoms with Crippen molar-refractivity contribution in [2.45, 2.75) is 12.4 Å². The molecule has 0 radical (unpaired) electrons. The minimum atomic E-state index is -5.08. The van der Waals surface area contributed by atoms with E-state index < -0.39 is 24.2 Å². The van der Waals surface area contributed by atoms with Gasteiger partial charge in [-0.25, -0.2) is 0 Å². The Balaban J connectivity index is 2.71. The van der Waals surface area contributed by atoms with Crippen molar-refractivity contribution in [1.82, 2.24) is 0 Å². The van der Waals surface area contributed by atoms with E-state index in [1.54, 1.807) is 0 Å². The second-order valence-electron chi connectivity index (χ2n) is 3.48. The van der Waals surface area contributed by atoms with Crippen molar-refractivity contribution in [3.63, 3.8) is 0 Å². The lowest BCUT2D eigenvalue weighted by molar-refractivity contribution is -0.167. The summed E-state index contributed by atoms with van der Waals surface area (Å²) in [6, 6.07) is 3.65. The van der Waals surface area contributed by atoms with E-state index in [2.05, 4.69) is 0 Å². The van der Waals surface area contributed by atoms with Gasteiger partial charge >= 0.3 is 24.2 Å². The van der Waals surface area contributed by atoms with Gasteiger partial charge in [-0.1, -0.05) is 0 Å². The maximum absolute atomic E-state index is 11.9. The topological polar surface area (TPSA) is 58.2 Å². The Bertz CT molecular complexity index is 459. The molecule has 2 amide bonds. The first-order chi connectivity index (χ1) is 9.00. The molecule has 0 atom stereocenters. The minimum Gasteiger partial charge on any atom is -0.318 e. The van der Waals surface area contributed by atoms with Crippen LogP contribution in [-0.4, -0.2) is 24.2 Å². The van der Waals surface area contributed by atoms with E-state index in [4.69, 9.17) is 0 Å². The van der Waals surface area contributed by atoms with E-state index in [0.717, 1.165) is 24.3 Å². The van der Waals surface area contributed by atoms with Gasteiger partial charge in [-0.2, -0.15) is 26.3 Å². The third kappa shape index (κ3) is 4.44. The number of carbonyl (C=O) groups excluding carboxylic acids is 2. The lowest BCUT2D eigenvalue weighted by Gasteiger charge is -2.10. The van der Waals surface area contributed by atoms with Gasteiger partial charge in [0.05, 0.1) is 0 Å². The summed E-state index contributed by atoms with van der Waals surface area (Å²) in [5.74, 6) is -4.44. The van der Waals surface area contributed by atoms with Crippen LogP contribution in [0.25, 0.3) is 0 Å². The number of nitrogens with one attached hydrogen (secondary N) is 2. The molecule has 0 aliphatic carbocycles. The van der Waals surface area contributed by atoms with Crippen LogP contribution < -0.4 is 10.6 Å². The predicted octanol–water partition coefficient (Wildman–Crippen LogP) is 2.69. The van der Waals surface area contributed by atoms with Crippen molar-refractivity contribution in [1.29, 1.82) is 0 Å². The molecule has 4 nitrogen and oxygen atoms in total. The Morgan fingerprint density at radius 2 is 0.950 bits per heavy atom. The second-order valence-corrected chi connectivity index (χ2v) is 3.48. The Labute approximate surface area is 107 Å². The van der Waals surface area contributed by atoms with Crippen molar-refractivity contribution in [2.75, 3.05) is 10.6 Å². The van der Waals surface area contributed by atoms with Crippen LogP contribution in [0, 0.1) is 0 Å². The van der Waals surface area contributed by atoms with Gasteiger partial charge < -0.3 is 10.6 Å². The first kappa shape index (κ1) is 15.8. The molecule has 0 aromatic heterocycles. The largest absolute Gasteiger partial charge is 0.471 e. The van der Waals surface area contributed by atoms with Gasteiger partial charge in [0.25, 0.3) is 0 Å². The molecule has 1 aromatic carbocycles. The number of hydrogen-bond acceptors (Lipinski definition) is 2. The standard InChI is InChI=1S/C10H6F6N2O2/c11-9(12,13)7(19)17-5-1-2-6(4-3-5)18-8(20)10(14,15)16/h1-4H,(H,17,19)(H,18,20). The maximum atomic E-state index is 11.9. The fraction of sp³-hybridized carbons (Fsp3) is 0.200. The van der Waals surface area contributed by atoms with E-state index in [-0.39, 0.29) is 11.4 Å². The third-order valence-electron chi connectivity index (χ3n) is 1.92. The van der Waals surface area contributed by atoms with Crippen LogP contribution in [-0.2, 0) is 9.59 Å². The zero-order chi connectivity index (χ0) is 15.6. The highest BCUT2D eigenvalue weighted by molar-refractivity contribution is 5.96. The summed E-state index contributed by atoms with van der Waals surface area (Å²) in [6.45, 7) is 0. The van der Waals surface area contributed by atoms with Crippen LogP contribution in [0.15, 0.2) is 24.3 Å². The number of benzene rings is 1. The third-order valence-corrected chi connectivity index (χ3v) is 1.92. The number of anilines is 2. The molecule has 2 N–H and O–H groups in total. The molecule has 1 aromatic rings. The van der Waals surface area contributed by atoms with Gasteiger partial charge in [-0.05, 0) is 24.3 Å². The Morgan fingerprint density at radius 1 is 0.700 bits per heavy atom. The highest BCUT2D eigenvalue weighted by atomic mass is 19.4. The highest BCUT2D eigenvalue weighted by Crippen LogP contribution is 2.21. The van der Waals surface area contributed by atoms with Gasteiger partial charge in [-0.3, -0.25) is 9.59 Å². The molecule has 0 saturated carbocycles. The monoisotopic (exact) mass is 300 g/mol. The first-order valence-electron chi connectivity index (χ1n) is 4.86. The molecule has 20 heavy (non-hydrogen) atoms. The van der Waals surface area contributed by atoms with E-state index in [1.165, 1.54) is 10.6 Å². The van der Waals surface area contributed by atoms with Crippen molar-refractivity contribution in [3.05, 3.63) is 24.3 Å². The molecular weight excluding hydrogens is 294 g/mol. The first-order valence-corrected chi connectivity index (χ1v) is 4.86. The number of rotatable bonds is 2. The number of halogens is 6. The molecule has 0 spiro atoms. The SMILES string of the molecule is O=C(Nc1ccc(NC(=O)C(F)(F)F)cc1)C(F)(F)F. The fourth-order valence-corrected chi connectivity index (χ4v) is 1.04. The van der Waals surface area contributed by atoms with Crippen LogP contribution in [0.4, 0.5) is 37.7 Å². The average Bonchev–Trinajstić information content (AvgIpc) is 2.29. The molecule has 0 unspecified atom stereocenters. The second kappa shape index (κ2) is 5.39. The summed E-state index contributed by atoms with van der Waals surface area (Å²) in [5.41, 5.74) is -0.560. The molecule has 1 rings (SSSR count). The fourth-order valence-electron chi connectivity index (χ4n) is 1.04. The Morgan fingerprint density at radius 3 is 1.15 bits per heavy atom. The summed E-state index contributed by atoms with van der Waals surface area (Å²) in [4.78, 5) is 21.1. The number of carbonyl (C=O) groups is 2. The van der Waals surface area contributed by atoms with Gasteiger partial charge in [0.15, 0.2) is 0 Å². The molecule has 0 heterocycles. The molecule has 10 heteroatoms. The number of amides is 2. The van der Waals surface area contributed by atoms with Crippen LogP contribution in [0.5, 0.6) is 0 Å². The lowest BCUT2D eigenvalue weighted by Crippen LogP contribution is -2.30. The summed E-state index contributed by atoms with van der Waals surface area (Å²) < 4.78 is 71.5. The average molecular weight is 300 g/mol. The number of alkyl halides is 6. The molecule has 0 aliphatic heterocycles. The summed E-state index contributed by atoms with van der Waals surface area (Å²) in [7, 11) is 0. The van der Waals surface area contributed by atoms with E-state index in [9.17, 15) is 35.9 Å². The van der Waals surface area contributed by atoms with Crippen molar-refractivity contribution < 1.29 is 35.9 Å². The lowest BCUT2D eigenvalue weighted by atomic mass is 10.2. The zero-order valence-electron chi connectivity index (χ0n) is 9.39. The van der Waals surface area contributed by atoms with Crippen LogP contribution in [0.2, 0.25) is 0 Å². The van der Waals surface area contributed by atoms with Crippen molar-refractivity contribution in [3.8, 4) is 0 Å².